The van der Waals surface area contributed by atoms with Crippen molar-refractivity contribution in [3.63, 3.8) is 0 Å². The van der Waals surface area contributed by atoms with E-state index in [-0.39, 0.29) is 23.6 Å². The van der Waals surface area contributed by atoms with Crippen LogP contribution in [0.3, 0.4) is 0 Å². The van der Waals surface area contributed by atoms with Crippen LogP contribution in [0.15, 0.2) is 60.8 Å². The van der Waals surface area contributed by atoms with Gasteiger partial charge < -0.3 is 20.1 Å². The van der Waals surface area contributed by atoms with E-state index < -0.39 is 12.1 Å². The molecule has 0 saturated heterocycles. The number of carbonyl (C=O) groups is 1. The van der Waals surface area contributed by atoms with Gasteiger partial charge in [-0.25, -0.2) is 8.78 Å². The third-order valence-electron chi connectivity index (χ3n) is 5.63. The van der Waals surface area contributed by atoms with Crippen LogP contribution in [0.2, 0.25) is 0 Å². The number of hydrogen-bond donors (Lipinski definition) is 3. The summed E-state index contributed by atoms with van der Waals surface area (Å²) in [5, 5.41) is 13.8. The molecule has 0 radical (unpaired) electrons. The lowest BCUT2D eigenvalue weighted by molar-refractivity contribution is 0.0782. The van der Waals surface area contributed by atoms with Crippen molar-refractivity contribution in [3.05, 3.63) is 89.1 Å². The number of amides is 1. The number of aliphatic hydroxyl groups is 1. The molecule has 0 bridgehead atoms. The first-order valence-corrected chi connectivity index (χ1v) is 11.1. The van der Waals surface area contributed by atoms with Gasteiger partial charge in [0.1, 0.15) is 23.6 Å². The van der Waals surface area contributed by atoms with Gasteiger partial charge in [-0.05, 0) is 72.0 Å². The Morgan fingerprint density at radius 2 is 1.85 bits per heavy atom. The largest absolute Gasteiger partial charge is 0.493 e. The fourth-order valence-electron chi connectivity index (χ4n) is 3.81. The summed E-state index contributed by atoms with van der Waals surface area (Å²) in [6, 6.07) is 14.3. The number of H-pyrrole nitrogens is 1. The fraction of sp³-hybridized carbons (Fsp3) is 0.222. The molecule has 0 aliphatic rings. The summed E-state index contributed by atoms with van der Waals surface area (Å²) in [5.41, 5.74) is 3.45. The molecule has 1 heterocycles. The first-order chi connectivity index (χ1) is 16.4. The van der Waals surface area contributed by atoms with Crippen LogP contribution in [0.1, 0.15) is 34.8 Å². The lowest BCUT2D eigenvalue weighted by atomic mass is 10.0. The molecule has 0 saturated carbocycles. The highest BCUT2D eigenvalue weighted by Gasteiger charge is 2.19. The van der Waals surface area contributed by atoms with Gasteiger partial charge in [0.25, 0.3) is 5.91 Å². The molecule has 0 fully saturated rings. The Labute approximate surface area is 196 Å². The number of rotatable bonds is 8. The maximum atomic E-state index is 14.1. The van der Waals surface area contributed by atoms with Gasteiger partial charge in [0.05, 0.1) is 12.2 Å². The molecule has 1 aromatic heterocycles. The minimum Gasteiger partial charge on any atom is -0.493 e. The van der Waals surface area contributed by atoms with E-state index in [1.165, 1.54) is 18.2 Å². The Bertz CT molecular complexity index is 1330. The van der Waals surface area contributed by atoms with E-state index in [1.54, 1.807) is 49.5 Å². The van der Waals surface area contributed by atoms with Gasteiger partial charge in [-0.3, -0.25) is 4.79 Å². The molecular formula is C27H26F2N2O3. The summed E-state index contributed by atoms with van der Waals surface area (Å²) in [5.74, 6) is -0.870. The molecule has 4 rings (SSSR count). The molecule has 4 aromatic rings. The second-order valence-electron chi connectivity index (χ2n) is 8.22. The molecule has 3 aromatic carbocycles. The third-order valence-corrected chi connectivity index (χ3v) is 5.63. The number of ether oxygens (including phenoxy) is 1. The molecule has 5 nitrogen and oxygen atoms in total. The normalized spacial score (nSPS) is 12.0. The van der Waals surface area contributed by atoms with Crippen molar-refractivity contribution in [1.29, 1.82) is 0 Å². The summed E-state index contributed by atoms with van der Waals surface area (Å²) in [6.45, 7) is 4.06. The van der Waals surface area contributed by atoms with Gasteiger partial charge in [0, 0.05) is 23.5 Å². The van der Waals surface area contributed by atoms with E-state index in [0.717, 1.165) is 11.9 Å². The molecule has 1 amide bonds. The third kappa shape index (κ3) is 5.10. The van der Waals surface area contributed by atoms with Crippen molar-refractivity contribution in [1.82, 2.24) is 10.3 Å². The zero-order chi connectivity index (χ0) is 24.2. The number of hydrogen-bond acceptors (Lipinski definition) is 3. The first kappa shape index (κ1) is 23.4. The van der Waals surface area contributed by atoms with Crippen LogP contribution in [-0.2, 0) is 6.42 Å². The Morgan fingerprint density at radius 3 is 2.62 bits per heavy atom. The van der Waals surface area contributed by atoms with Crippen molar-refractivity contribution < 1.29 is 23.4 Å². The van der Waals surface area contributed by atoms with Crippen molar-refractivity contribution in [2.75, 3.05) is 6.61 Å². The topological polar surface area (TPSA) is 74.3 Å². The van der Waals surface area contributed by atoms with E-state index in [0.29, 0.717) is 40.0 Å². The second-order valence-corrected chi connectivity index (χ2v) is 8.22. The summed E-state index contributed by atoms with van der Waals surface area (Å²) in [7, 11) is 0. The van der Waals surface area contributed by atoms with E-state index in [9.17, 15) is 18.7 Å². The molecule has 34 heavy (non-hydrogen) atoms. The molecular weight excluding hydrogens is 438 g/mol. The van der Waals surface area contributed by atoms with Crippen molar-refractivity contribution in [2.45, 2.75) is 32.9 Å². The number of aryl methyl sites for hydroxylation is 1. The summed E-state index contributed by atoms with van der Waals surface area (Å²) in [4.78, 5) is 16.1. The first-order valence-electron chi connectivity index (χ1n) is 11.1. The van der Waals surface area contributed by atoms with Crippen LogP contribution in [0.25, 0.3) is 22.0 Å². The monoisotopic (exact) mass is 464 g/mol. The summed E-state index contributed by atoms with van der Waals surface area (Å²) in [6.07, 6.45) is 1.31. The Kier molecular flexibility index (Phi) is 6.93. The maximum Gasteiger partial charge on any atom is 0.257 e. The lowest BCUT2D eigenvalue weighted by Crippen LogP contribution is -2.36. The Morgan fingerprint density at radius 1 is 1.09 bits per heavy atom. The van der Waals surface area contributed by atoms with E-state index in [1.807, 2.05) is 6.92 Å². The average molecular weight is 465 g/mol. The SMILES string of the molecule is CCCOc1ccc(-c2ccc(C)c(F)c2)cc1C(=O)NC(O)Cc1c[nH]c2ccc(F)cc12. The van der Waals surface area contributed by atoms with Gasteiger partial charge in [-0.15, -0.1) is 0 Å². The maximum absolute atomic E-state index is 14.1. The zero-order valence-corrected chi connectivity index (χ0v) is 19.0. The number of aliphatic hydroxyl groups excluding tert-OH is 1. The number of fused-ring (bicyclic) bond motifs is 1. The molecule has 176 valence electrons. The van der Waals surface area contributed by atoms with Gasteiger partial charge in [-0.2, -0.15) is 0 Å². The molecule has 0 aliphatic heterocycles. The number of aromatic nitrogens is 1. The second kappa shape index (κ2) is 10.1. The number of carbonyl (C=O) groups excluding carboxylic acids is 1. The number of nitrogens with one attached hydrogen (secondary N) is 2. The lowest BCUT2D eigenvalue weighted by Gasteiger charge is -2.16. The van der Waals surface area contributed by atoms with E-state index in [2.05, 4.69) is 10.3 Å². The Hall–Kier alpha value is -3.71. The highest BCUT2D eigenvalue weighted by atomic mass is 19.1. The van der Waals surface area contributed by atoms with Crippen LogP contribution in [0.4, 0.5) is 8.78 Å². The Balaban J connectivity index is 1.58. The smallest absolute Gasteiger partial charge is 0.257 e. The van der Waals surface area contributed by atoms with Crippen LogP contribution in [0, 0.1) is 18.6 Å². The van der Waals surface area contributed by atoms with Crippen LogP contribution >= 0.6 is 0 Å². The van der Waals surface area contributed by atoms with E-state index >= 15 is 0 Å². The molecule has 0 spiro atoms. The van der Waals surface area contributed by atoms with Gasteiger partial charge in [0.15, 0.2) is 0 Å². The highest BCUT2D eigenvalue weighted by molar-refractivity contribution is 5.98. The summed E-state index contributed by atoms with van der Waals surface area (Å²) >= 11 is 0. The predicted molar refractivity (Wildman–Crippen MR) is 128 cm³/mol. The van der Waals surface area contributed by atoms with Crippen molar-refractivity contribution in [3.8, 4) is 16.9 Å². The molecule has 7 heteroatoms. The predicted octanol–water partition coefficient (Wildman–Crippen LogP) is 5.50. The number of aromatic amines is 1. The van der Waals surface area contributed by atoms with Gasteiger partial charge in [0.2, 0.25) is 0 Å². The quantitative estimate of drug-likeness (QED) is 0.302. The van der Waals surface area contributed by atoms with Gasteiger partial charge in [-0.1, -0.05) is 25.1 Å². The number of halogens is 2. The standard InChI is InChI=1S/C27H26F2N2O3/c1-3-10-34-25-9-6-17(18-5-4-16(2)23(29)12-18)11-22(25)27(33)31-26(32)13-19-15-30-24-8-7-20(28)14-21(19)24/h4-9,11-12,14-15,26,30,32H,3,10,13H2,1-2H3,(H,31,33). The van der Waals surface area contributed by atoms with Crippen LogP contribution in [0.5, 0.6) is 5.75 Å². The highest BCUT2D eigenvalue weighted by Crippen LogP contribution is 2.28. The number of benzene rings is 3. The average Bonchev–Trinajstić information content (AvgIpc) is 3.20. The van der Waals surface area contributed by atoms with Crippen LogP contribution < -0.4 is 10.1 Å². The molecule has 1 unspecified atom stereocenters. The van der Waals surface area contributed by atoms with Crippen LogP contribution in [-0.4, -0.2) is 28.8 Å². The summed E-state index contributed by atoms with van der Waals surface area (Å²) < 4.78 is 33.5. The van der Waals surface area contributed by atoms with E-state index in [4.69, 9.17) is 4.74 Å². The molecule has 3 N–H and O–H groups in total. The molecule has 0 aliphatic carbocycles. The minimum atomic E-state index is -1.21. The fourth-order valence-corrected chi connectivity index (χ4v) is 3.81. The zero-order valence-electron chi connectivity index (χ0n) is 19.0. The van der Waals surface area contributed by atoms with Crippen molar-refractivity contribution >= 4 is 16.8 Å². The minimum absolute atomic E-state index is 0.0865. The van der Waals surface area contributed by atoms with Crippen molar-refractivity contribution in [2.24, 2.45) is 0 Å². The molecule has 1 atom stereocenters. The van der Waals surface area contributed by atoms with Gasteiger partial charge >= 0.3 is 0 Å².